The SMILES string of the molecule is O=C(CCc1cncc(F)c1)NC1CCCN(c2cccnn2)C1. The molecule has 1 unspecified atom stereocenters. The molecule has 0 saturated carbocycles. The summed E-state index contributed by atoms with van der Waals surface area (Å²) in [7, 11) is 0. The van der Waals surface area contributed by atoms with E-state index in [9.17, 15) is 9.18 Å². The number of piperidine rings is 1. The van der Waals surface area contributed by atoms with Crippen LogP contribution in [0.2, 0.25) is 0 Å². The van der Waals surface area contributed by atoms with Gasteiger partial charge in [0, 0.05) is 37.9 Å². The standard InChI is InChI=1S/C17H20FN5O/c18-14-9-13(10-19-11-14)5-6-17(24)21-15-3-2-8-23(12-15)16-4-1-7-20-22-16/h1,4,7,9-11,15H,2-3,5-6,8,12H2,(H,21,24). The number of halogens is 1. The van der Waals surface area contributed by atoms with Gasteiger partial charge in [-0.15, -0.1) is 5.10 Å². The molecule has 126 valence electrons. The van der Waals surface area contributed by atoms with E-state index in [4.69, 9.17) is 0 Å². The third-order valence-electron chi connectivity index (χ3n) is 4.07. The van der Waals surface area contributed by atoms with Crippen LogP contribution in [0, 0.1) is 5.82 Å². The van der Waals surface area contributed by atoms with E-state index in [-0.39, 0.29) is 17.8 Å². The molecule has 6 nitrogen and oxygen atoms in total. The lowest BCUT2D eigenvalue weighted by atomic mass is 10.0. The van der Waals surface area contributed by atoms with Gasteiger partial charge in [-0.05, 0) is 43.0 Å². The molecule has 0 aliphatic carbocycles. The van der Waals surface area contributed by atoms with Crippen molar-refractivity contribution in [2.75, 3.05) is 18.0 Å². The first kappa shape index (κ1) is 16.3. The van der Waals surface area contributed by atoms with E-state index >= 15 is 0 Å². The first-order valence-electron chi connectivity index (χ1n) is 8.12. The Labute approximate surface area is 140 Å². The third-order valence-corrected chi connectivity index (χ3v) is 4.07. The average Bonchev–Trinajstić information content (AvgIpc) is 2.61. The second-order valence-corrected chi connectivity index (χ2v) is 5.95. The molecule has 1 saturated heterocycles. The van der Waals surface area contributed by atoms with Crippen molar-refractivity contribution in [2.24, 2.45) is 0 Å². The summed E-state index contributed by atoms with van der Waals surface area (Å²) in [6.07, 6.45) is 7.15. The molecule has 1 aliphatic heterocycles. The highest BCUT2D eigenvalue weighted by Crippen LogP contribution is 2.16. The van der Waals surface area contributed by atoms with Gasteiger partial charge in [0.15, 0.2) is 5.82 Å². The van der Waals surface area contributed by atoms with E-state index in [0.29, 0.717) is 12.8 Å². The molecule has 1 aliphatic rings. The minimum Gasteiger partial charge on any atom is -0.353 e. The minimum atomic E-state index is -0.375. The van der Waals surface area contributed by atoms with Crippen LogP contribution in [0.5, 0.6) is 0 Å². The summed E-state index contributed by atoms with van der Waals surface area (Å²) >= 11 is 0. The van der Waals surface area contributed by atoms with Gasteiger partial charge in [-0.25, -0.2) is 4.39 Å². The fourth-order valence-corrected chi connectivity index (χ4v) is 2.92. The predicted octanol–water partition coefficient (Wildman–Crippen LogP) is 1.73. The van der Waals surface area contributed by atoms with Crippen LogP contribution in [0.25, 0.3) is 0 Å². The summed E-state index contributed by atoms with van der Waals surface area (Å²) in [5, 5.41) is 11.1. The van der Waals surface area contributed by atoms with Crippen LogP contribution in [0.4, 0.5) is 10.2 Å². The number of pyridine rings is 1. The number of hydrogen-bond acceptors (Lipinski definition) is 5. The molecule has 0 spiro atoms. The number of carbonyl (C=O) groups excluding carboxylic acids is 1. The quantitative estimate of drug-likeness (QED) is 0.904. The van der Waals surface area contributed by atoms with Gasteiger partial charge in [0.2, 0.25) is 5.91 Å². The van der Waals surface area contributed by atoms with Gasteiger partial charge in [-0.2, -0.15) is 5.10 Å². The van der Waals surface area contributed by atoms with E-state index < -0.39 is 0 Å². The van der Waals surface area contributed by atoms with Gasteiger partial charge in [-0.1, -0.05) is 0 Å². The highest BCUT2D eigenvalue weighted by atomic mass is 19.1. The smallest absolute Gasteiger partial charge is 0.220 e. The first-order valence-corrected chi connectivity index (χ1v) is 8.12. The number of amides is 1. The van der Waals surface area contributed by atoms with Crippen molar-refractivity contribution in [3.8, 4) is 0 Å². The largest absolute Gasteiger partial charge is 0.353 e. The number of aromatic nitrogens is 3. The lowest BCUT2D eigenvalue weighted by molar-refractivity contribution is -0.121. The molecule has 24 heavy (non-hydrogen) atoms. The summed E-state index contributed by atoms with van der Waals surface area (Å²) in [5.41, 5.74) is 0.731. The summed E-state index contributed by atoms with van der Waals surface area (Å²) in [4.78, 5) is 18.1. The van der Waals surface area contributed by atoms with E-state index in [1.54, 1.807) is 12.4 Å². The zero-order chi connectivity index (χ0) is 16.8. The molecule has 2 aromatic rings. The predicted molar refractivity (Wildman–Crippen MR) is 87.9 cm³/mol. The molecule has 1 N–H and O–H groups in total. The maximum absolute atomic E-state index is 13.1. The summed E-state index contributed by atoms with van der Waals surface area (Å²) < 4.78 is 13.1. The van der Waals surface area contributed by atoms with Crippen LogP contribution in [0.3, 0.4) is 0 Å². The second-order valence-electron chi connectivity index (χ2n) is 5.95. The third kappa shape index (κ3) is 4.47. The van der Waals surface area contributed by atoms with Crippen molar-refractivity contribution in [1.82, 2.24) is 20.5 Å². The molecule has 0 radical (unpaired) electrons. The molecular formula is C17H20FN5O. The molecule has 1 amide bonds. The van der Waals surface area contributed by atoms with E-state index in [1.165, 1.54) is 6.07 Å². The molecule has 0 aromatic carbocycles. The maximum Gasteiger partial charge on any atom is 0.220 e. The van der Waals surface area contributed by atoms with Crippen LogP contribution in [0.15, 0.2) is 36.8 Å². The van der Waals surface area contributed by atoms with Gasteiger partial charge in [-0.3, -0.25) is 9.78 Å². The molecule has 2 aromatic heterocycles. The zero-order valence-electron chi connectivity index (χ0n) is 13.4. The van der Waals surface area contributed by atoms with Crippen molar-refractivity contribution in [1.29, 1.82) is 0 Å². The van der Waals surface area contributed by atoms with Crippen LogP contribution >= 0.6 is 0 Å². The Bertz CT molecular complexity index is 682. The number of aryl methyl sites for hydroxylation is 1. The normalized spacial score (nSPS) is 17.5. The van der Waals surface area contributed by atoms with Crippen molar-refractivity contribution in [2.45, 2.75) is 31.7 Å². The van der Waals surface area contributed by atoms with Gasteiger partial charge >= 0.3 is 0 Å². The lowest BCUT2D eigenvalue weighted by Crippen LogP contribution is -2.48. The number of hydrogen-bond donors (Lipinski definition) is 1. The molecular weight excluding hydrogens is 309 g/mol. The van der Waals surface area contributed by atoms with Gasteiger partial charge in [0.25, 0.3) is 0 Å². The molecule has 1 atom stereocenters. The Morgan fingerprint density at radius 2 is 2.33 bits per heavy atom. The minimum absolute atomic E-state index is 0.0229. The van der Waals surface area contributed by atoms with Crippen LogP contribution in [0.1, 0.15) is 24.8 Å². The molecule has 3 rings (SSSR count). The Balaban J connectivity index is 1.49. The molecule has 7 heteroatoms. The van der Waals surface area contributed by atoms with Crippen molar-refractivity contribution < 1.29 is 9.18 Å². The summed E-state index contributed by atoms with van der Waals surface area (Å²) in [6, 6.07) is 5.29. The zero-order valence-corrected chi connectivity index (χ0v) is 13.4. The van der Waals surface area contributed by atoms with E-state index in [1.807, 2.05) is 12.1 Å². The van der Waals surface area contributed by atoms with Crippen molar-refractivity contribution in [3.63, 3.8) is 0 Å². The highest BCUT2D eigenvalue weighted by Gasteiger charge is 2.22. The summed E-state index contributed by atoms with van der Waals surface area (Å²) in [5.74, 6) is 0.437. The second kappa shape index (κ2) is 7.81. The number of carbonyl (C=O) groups is 1. The molecule has 0 bridgehead atoms. The number of nitrogens with zero attached hydrogens (tertiary/aromatic N) is 4. The monoisotopic (exact) mass is 329 g/mol. The topological polar surface area (TPSA) is 71.0 Å². The van der Waals surface area contributed by atoms with Crippen molar-refractivity contribution >= 4 is 11.7 Å². The maximum atomic E-state index is 13.1. The van der Waals surface area contributed by atoms with E-state index in [2.05, 4.69) is 25.4 Å². The molecule has 3 heterocycles. The van der Waals surface area contributed by atoms with Crippen LogP contribution < -0.4 is 10.2 Å². The van der Waals surface area contributed by atoms with Gasteiger partial charge in [0.05, 0.1) is 6.20 Å². The Morgan fingerprint density at radius 3 is 3.12 bits per heavy atom. The van der Waals surface area contributed by atoms with Crippen molar-refractivity contribution in [3.05, 3.63) is 48.2 Å². The lowest BCUT2D eigenvalue weighted by Gasteiger charge is -2.33. The number of anilines is 1. The van der Waals surface area contributed by atoms with Gasteiger partial charge < -0.3 is 10.2 Å². The number of rotatable bonds is 5. The van der Waals surface area contributed by atoms with Crippen LogP contribution in [-0.4, -0.2) is 40.2 Å². The Kier molecular flexibility index (Phi) is 5.30. The fraction of sp³-hybridized carbons (Fsp3) is 0.412. The van der Waals surface area contributed by atoms with Crippen LogP contribution in [-0.2, 0) is 11.2 Å². The Morgan fingerprint density at radius 1 is 1.42 bits per heavy atom. The first-order chi connectivity index (χ1) is 11.7. The Hall–Kier alpha value is -2.57. The summed E-state index contributed by atoms with van der Waals surface area (Å²) in [6.45, 7) is 1.64. The fourth-order valence-electron chi connectivity index (χ4n) is 2.92. The van der Waals surface area contributed by atoms with Gasteiger partial charge in [0.1, 0.15) is 5.82 Å². The number of nitrogens with one attached hydrogen (secondary N) is 1. The highest BCUT2D eigenvalue weighted by molar-refractivity contribution is 5.76. The van der Waals surface area contributed by atoms with E-state index in [0.717, 1.165) is 43.5 Å². The molecule has 1 fully saturated rings. The average molecular weight is 329 g/mol.